The maximum absolute atomic E-state index is 13.5. The number of rotatable bonds is 6. The van der Waals surface area contributed by atoms with Crippen LogP contribution in [-0.4, -0.2) is 42.4 Å². The molecule has 0 amide bonds. The zero-order valence-corrected chi connectivity index (χ0v) is 13.2. The summed E-state index contributed by atoms with van der Waals surface area (Å²) in [6.07, 6.45) is 1.64. The molecule has 0 bridgehead atoms. The highest BCUT2D eigenvalue weighted by atomic mass is 35.5. The first-order chi connectivity index (χ1) is 10.0. The van der Waals surface area contributed by atoms with Crippen LogP contribution in [0.5, 0.6) is 0 Å². The van der Waals surface area contributed by atoms with E-state index in [0.717, 1.165) is 24.3 Å². The first-order valence-corrected chi connectivity index (χ1v) is 7.19. The minimum atomic E-state index is -0.261. The van der Waals surface area contributed by atoms with Gasteiger partial charge < -0.3 is 10.2 Å². The predicted molar refractivity (Wildman–Crippen MR) is 83.1 cm³/mol. The van der Waals surface area contributed by atoms with Gasteiger partial charge in [-0.15, -0.1) is 0 Å². The van der Waals surface area contributed by atoms with Gasteiger partial charge in [-0.3, -0.25) is 4.68 Å². The normalized spacial score (nSPS) is 12.9. The molecule has 6 heteroatoms. The van der Waals surface area contributed by atoms with Crippen LogP contribution in [0.15, 0.2) is 30.5 Å². The van der Waals surface area contributed by atoms with Gasteiger partial charge >= 0.3 is 0 Å². The molecule has 114 valence electrons. The van der Waals surface area contributed by atoms with E-state index in [1.54, 1.807) is 12.3 Å². The van der Waals surface area contributed by atoms with Crippen molar-refractivity contribution in [1.82, 2.24) is 20.0 Å². The number of halogens is 2. The highest BCUT2D eigenvalue weighted by Gasteiger charge is 2.21. The molecule has 0 saturated carbocycles. The van der Waals surface area contributed by atoms with Crippen LogP contribution in [0.25, 0.3) is 0 Å². The van der Waals surface area contributed by atoms with E-state index in [2.05, 4.69) is 15.3 Å². The fourth-order valence-corrected chi connectivity index (χ4v) is 2.53. The fraction of sp³-hybridized carbons (Fsp3) is 0.400. The lowest BCUT2D eigenvalue weighted by Gasteiger charge is -2.20. The maximum Gasteiger partial charge on any atom is 0.123 e. The number of aromatic nitrogens is 2. The van der Waals surface area contributed by atoms with Gasteiger partial charge in [-0.25, -0.2) is 4.39 Å². The zero-order chi connectivity index (χ0) is 15.4. The Morgan fingerprint density at radius 3 is 2.81 bits per heavy atom. The Balaban J connectivity index is 2.35. The number of benzene rings is 1. The maximum atomic E-state index is 13.5. The molecule has 0 spiro atoms. The van der Waals surface area contributed by atoms with Gasteiger partial charge in [0.25, 0.3) is 0 Å². The lowest BCUT2D eigenvalue weighted by atomic mass is 10.0. The smallest absolute Gasteiger partial charge is 0.123 e. The molecule has 2 rings (SSSR count). The quantitative estimate of drug-likeness (QED) is 0.890. The zero-order valence-electron chi connectivity index (χ0n) is 12.5. The van der Waals surface area contributed by atoms with Crippen LogP contribution in [0.1, 0.15) is 17.3 Å². The van der Waals surface area contributed by atoms with E-state index < -0.39 is 0 Å². The summed E-state index contributed by atoms with van der Waals surface area (Å²) in [6, 6.07) is 6.33. The third-order valence-electron chi connectivity index (χ3n) is 3.34. The summed E-state index contributed by atoms with van der Waals surface area (Å²) >= 11 is 6.29. The van der Waals surface area contributed by atoms with Gasteiger partial charge in [0.2, 0.25) is 0 Å². The number of nitrogens with one attached hydrogen (secondary N) is 1. The summed E-state index contributed by atoms with van der Waals surface area (Å²) in [5.41, 5.74) is 1.68. The number of hydrogen-bond acceptors (Lipinski definition) is 3. The first kappa shape index (κ1) is 15.9. The molecule has 0 fully saturated rings. The average Bonchev–Trinajstić information content (AvgIpc) is 2.79. The number of hydrogen-bond donors (Lipinski definition) is 1. The molecule has 0 radical (unpaired) electrons. The van der Waals surface area contributed by atoms with Gasteiger partial charge in [-0.1, -0.05) is 23.7 Å². The number of nitrogens with zero attached hydrogens (tertiary/aromatic N) is 3. The highest BCUT2D eigenvalue weighted by molar-refractivity contribution is 6.31. The lowest BCUT2D eigenvalue weighted by molar-refractivity contribution is 0.366. The van der Waals surface area contributed by atoms with Gasteiger partial charge in [0.1, 0.15) is 5.82 Å². The van der Waals surface area contributed by atoms with Gasteiger partial charge in [0.15, 0.2) is 0 Å². The molecule has 1 aromatic heterocycles. The van der Waals surface area contributed by atoms with Gasteiger partial charge in [0, 0.05) is 6.54 Å². The van der Waals surface area contributed by atoms with Crippen LogP contribution in [0.4, 0.5) is 4.39 Å². The van der Waals surface area contributed by atoms with Crippen molar-refractivity contribution in [2.24, 2.45) is 0 Å². The molecular formula is C15H20ClFN4. The minimum absolute atomic E-state index is 0.196. The fourth-order valence-electron chi connectivity index (χ4n) is 2.28. The van der Waals surface area contributed by atoms with Crippen LogP contribution >= 0.6 is 11.6 Å². The second kappa shape index (κ2) is 7.02. The largest absolute Gasteiger partial charge is 0.308 e. The Morgan fingerprint density at radius 2 is 2.19 bits per heavy atom. The standard InChI is InChI=1S/C15H20ClFN4/c1-18-14(11-5-4-6-12(17)9-11)15-13(16)10-19-21(15)8-7-20(2)3/h4-6,9-10,14,18H,7-8H2,1-3H3. The predicted octanol–water partition coefficient (Wildman–Crippen LogP) is 2.55. The van der Waals surface area contributed by atoms with E-state index >= 15 is 0 Å². The van der Waals surface area contributed by atoms with Crippen molar-refractivity contribution in [1.29, 1.82) is 0 Å². The highest BCUT2D eigenvalue weighted by Crippen LogP contribution is 2.28. The van der Waals surface area contributed by atoms with Crippen molar-refractivity contribution in [2.45, 2.75) is 12.6 Å². The van der Waals surface area contributed by atoms with E-state index in [9.17, 15) is 4.39 Å². The van der Waals surface area contributed by atoms with E-state index in [-0.39, 0.29) is 11.9 Å². The molecule has 1 aromatic carbocycles. The summed E-state index contributed by atoms with van der Waals surface area (Å²) < 4.78 is 15.3. The molecule has 2 aromatic rings. The Morgan fingerprint density at radius 1 is 1.43 bits per heavy atom. The molecule has 4 nitrogen and oxygen atoms in total. The second-order valence-electron chi connectivity index (χ2n) is 5.18. The van der Waals surface area contributed by atoms with Gasteiger partial charge in [-0.2, -0.15) is 5.10 Å². The molecule has 1 atom stereocenters. The monoisotopic (exact) mass is 310 g/mol. The van der Waals surface area contributed by atoms with Crippen molar-refractivity contribution in [3.05, 3.63) is 52.6 Å². The third-order valence-corrected chi connectivity index (χ3v) is 3.63. The summed E-state index contributed by atoms with van der Waals surface area (Å²) in [6.45, 7) is 1.58. The first-order valence-electron chi connectivity index (χ1n) is 6.81. The van der Waals surface area contributed by atoms with Crippen molar-refractivity contribution >= 4 is 11.6 Å². The molecule has 1 heterocycles. The van der Waals surface area contributed by atoms with Gasteiger partial charge in [-0.05, 0) is 38.8 Å². The van der Waals surface area contributed by atoms with Crippen LogP contribution in [0, 0.1) is 5.82 Å². The Bertz CT molecular complexity index is 597. The Kier molecular flexibility index (Phi) is 5.33. The van der Waals surface area contributed by atoms with Crippen molar-refractivity contribution < 1.29 is 4.39 Å². The topological polar surface area (TPSA) is 33.1 Å². The van der Waals surface area contributed by atoms with E-state index in [0.29, 0.717) is 5.02 Å². The Labute approximate surface area is 129 Å². The SMILES string of the molecule is CNC(c1cccc(F)c1)c1c(Cl)cnn1CCN(C)C. The van der Waals surface area contributed by atoms with Crippen LogP contribution < -0.4 is 5.32 Å². The van der Waals surface area contributed by atoms with Crippen LogP contribution in [-0.2, 0) is 6.54 Å². The van der Waals surface area contributed by atoms with E-state index in [1.807, 2.05) is 31.9 Å². The van der Waals surface area contributed by atoms with Crippen molar-refractivity contribution in [3.63, 3.8) is 0 Å². The van der Waals surface area contributed by atoms with Crippen LogP contribution in [0.3, 0.4) is 0 Å². The average molecular weight is 311 g/mol. The van der Waals surface area contributed by atoms with Crippen molar-refractivity contribution in [3.8, 4) is 0 Å². The molecule has 21 heavy (non-hydrogen) atoms. The summed E-state index contributed by atoms with van der Waals surface area (Å²) in [7, 11) is 5.84. The molecule has 0 aliphatic heterocycles. The summed E-state index contributed by atoms with van der Waals surface area (Å²) in [5, 5.41) is 8.10. The molecule has 0 aliphatic carbocycles. The Hall–Kier alpha value is -1.43. The van der Waals surface area contributed by atoms with Crippen molar-refractivity contribution in [2.75, 3.05) is 27.7 Å². The molecular weight excluding hydrogens is 291 g/mol. The summed E-state index contributed by atoms with van der Waals surface area (Å²) in [5.74, 6) is -0.261. The lowest BCUT2D eigenvalue weighted by Crippen LogP contribution is -2.25. The van der Waals surface area contributed by atoms with Gasteiger partial charge in [0.05, 0.1) is 29.5 Å². The van der Waals surface area contributed by atoms with E-state index in [4.69, 9.17) is 11.6 Å². The molecule has 1 unspecified atom stereocenters. The number of likely N-dealkylation sites (N-methyl/N-ethyl adjacent to an activating group) is 1. The minimum Gasteiger partial charge on any atom is -0.308 e. The molecule has 0 saturated heterocycles. The van der Waals surface area contributed by atoms with E-state index in [1.165, 1.54) is 12.1 Å². The second-order valence-corrected chi connectivity index (χ2v) is 5.59. The molecule has 1 N–H and O–H groups in total. The third kappa shape index (κ3) is 3.81. The molecule has 0 aliphatic rings. The van der Waals surface area contributed by atoms with Crippen LogP contribution in [0.2, 0.25) is 5.02 Å². The summed E-state index contributed by atoms with van der Waals surface area (Å²) in [4.78, 5) is 2.08.